The molecule has 9 heteroatoms. The van der Waals surface area contributed by atoms with Crippen LogP contribution in [-0.2, 0) is 0 Å². The van der Waals surface area contributed by atoms with Crippen LogP contribution in [0.3, 0.4) is 0 Å². The van der Waals surface area contributed by atoms with E-state index >= 15 is 0 Å². The topological polar surface area (TPSA) is 62.5 Å². The monoisotopic (exact) mass is 327 g/mol. The third kappa shape index (κ3) is 3.29. The Labute approximate surface area is 130 Å². The Bertz CT molecular complexity index is 714. The molecule has 0 unspecified atom stereocenters. The lowest BCUT2D eigenvalue weighted by Gasteiger charge is -2.38. The van der Waals surface area contributed by atoms with Gasteiger partial charge in [-0.15, -0.1) is 10.2 Å². The van der Waals surface area contributed by atoms with Crippen LogP contribution in [0.1, 0.15) is 23.2 Å². The number of halogens is 3. The Morgan fingerprint density at radius 3 is 2.83 bits per heavy atom. The van der Waals surface area contributed by atoms with E-state index in [4.69, 9.17) is 0 Å². The number of aromatic nitrogens is 3. The highest BCUT2D eigenvalue weighted by Crippen LogP contribution is 2.30. The first-order valence-corrected chi connectivity index (χ1v) is 7.22. The van der Waals surface area contributed by atoms with Crippen molar-refractivity contribution in [1.82, 2.24) is 24.8 Å². The number of carbonyl (C=O) groups is 1. The van der Waals surface area contributed by atoms with Gasteiger partial charge in [-0.25, -0.2) is 0 Å². The summed E-state index contributed by atoms with van der Waals surface area (Å²) in [6, 6.07) is 1.53. The maximum atomic E-state index is 12.8. The highest BCUT2D eigenvalue weighted by molar-refractivity contribution is 5.94. The Morgan fingerprint density at radius 1 is 1.35 bits per heavy atom. The smallest absolute Gasteiger partial charge is 0.348 e. The minimum absolute atomic E-state index is 0.0184. The summed E-state index contributed by atoms with van der Waals surface area (Å²) in [6.45, 7) is 0.171. The fourth-order valence-electron chi connectivity index (χ4n) is 2.91. The lowest BCUT2D eigenvalue weighted by molar-refractivity contribution is -0.188. The average molecular weight is 327 g/mol. The first kappa shape index (κ1) is 15.7. The molecule has 3 heterocycles. The summed E-state index contributed by atoms with van der Waals surface area (Å²) >= 11 is 0. The summed E-state index contributed by atoms with van der Waals surface area (Å²) in [5, 5.41) is 10.4. The Kier molecular flexibility index (Phi) is 3.97. The van der Waals surface area contributed by atoms with Gasteiger partial charge in [-0.2, -0.15) is 13.2 Å². The van der Waals surface area contributed by atoms with Crippen LogP contribution in [0.2, 0.25) is 0 Å². The van der Waals surface area contributed by atoms with Gasteiger partial charge in [0.2, 0.25) is 0 Å². The molecule has 2 aromatic heterocycles. The Hall–Kier alpha value is -2.16. The van der Waals surface area contributed by atoms with E-state index in [-0.39, 0.29) is 24.9 Å². The molecule has 1 amide bonds. The van der Waals surface area contributed by atoms with Gasteiger partial charge in [0.15, 0.2) is 5.65 Å². The molecule has 1 saturated heterocycles. The maximum Gasteiger partial charge on any atom is 0.404 e. The summed E-state index contributed by atoms with van der Waals surface area (Å²) < 4.78 is 40.1. The molecule has 1 aliphatic heterocycles. The number of rotatable bonds is 2. The number of fused-ring (bicyclic) bond motifs is 1. The molecule has 1 fully saturated rings. The lowest BCUT2D eigenvalue weighted by atomic mass is 9.98. The van der Waals surface area contributed by atoms with Crippen LogP contribution in [0.5, 0.6) is 0 Å². The molecule has 0 radical (unpaired) electrons. The Balaban J connectivity index is 1.64. The average Bonchev–Trinajstić information content (AvgIpc) is 2.93. The molecule has 1 aliphatic rings. The van der Waals surface area contributed by atoms with E-state index in [0.717, 1.165) is 0 Å². The van der Waals surface area contributed by atoms with Crippen LogP contribution in [0, 0.1) is 0 Å². The fraction of sp³-hybridized carbons (Fsp3) is 0.500. The summed E-state index contributed by atoms with van der Waals surface area (Å²) in [5.41, 5.74) is 1.03. The van der Waals surface area contributed by atoms with Crippen molar-refractivity contribution in [2.45, 2.75) is 31.1 Å². The third-order valence-electron chi connectivity index (χ3n) is 4.10. The van der Waals surface area contributed by atoms with Gasteiger partial charge in [0.25, 0.3) is 5.91 Å². The zero-order chi connectivity index (χ0) is 16.6. The number of nitrogens with zero attached hydrogens (tertiary/aromatic N) is 4. The van der Waals surface area contributed by atoms with Crippen molar-refractivity contribution >= 4 is 11.6 Å². The number of amides is 1. The number of carbonyl (C=O) groups excluding carboxylic acids is 1. The standard InChI is InChI=1S/C14H16F3N5O/c1-21-7-10(3-4-11(21)14(15,16)17)19-13(23)9-2-5-12-20-18-8-22(12)6-9/h2,5-6,8,10-11H,3-4,7H2,1H3,(H,19,23)/t10-,11+/m0/s1. The van der Waals surface area contributed by atoms with Gasteiger partial charge in [-0.05, 0) is 32.0 Å². The van der Waals surface area contributed by atoms with E-state index in [2.05, 4.69) is 15.5 Å². The molecule has 2 atom stereocenters. The number of piperidine rings is 1. The van der Waals surface area contributed by atoms with Crippen LogP contribution in [-0.4, -0.2) is 57.3 Å². The van der Waals surface area contributed by atoms with E-state index in [1.807, 2.05) is 0 Å². The second kappa shape index (κ2) is 5.80. The summed E-state index contributed by atoms with van der Waals surface area (Å²) in [7, 11) is 1.43. The number of likely N-dealkylation sites (N-methyl/N-ethyl adjacent to an activating group) is 1. The molecule has 0 aliphatic carbocycles. The van der Waals surface area contributed by atoms with E-state index in [9.17, 15) is 18.0 Å². The lowest BCUT2D eigenvalue weighted by Crippen LogP contribution is -2.54. The quantitative estimate of drug-likeness (QED) is 0.908. The van der Waals surface area contributed by atoms with Crippen LogP contribution >= 0.6 is 0 Å². The van der Waals surface area contributed by atoms with Crippen LogP contribution in [0.4, 0.5) is 13.2 Å². The fourth-order valence-corrected chi connectivity index (χ4v) is 2.91. The molecule has 1 N–H and O–H groups in total. The minimum Gasteiger partial charge on any atom is -0.348 e. The van der Waals surface area contributed by atoms with Crippen molar-refractivity contribution in [3.8, 4) is 0 Å². The molecule has 0 spiro atoms. The van der Waals surface area contributed by atoms with Crippen molar-refractivity contribution in [2.24, 2.45) is 0 Å². The summed E-state index contributed by atoms with van der Waals surface area (Å²) in [4.78, 5) is 13.5. The summed E-state index contributed by atoms with van der Waals surface area (Å²) in [5.74, 6) is -0.315. The van der Waals surface area contributed by atoms with Crippen molar-refractivity contribution in [3.63, 3.8) is 0 Å². The second-order valence-corrected chi connectivity index (χ2v) is 5.76. The molecule has 23 heavy (non-hydrogen) atoms. The Morgan fingerprint density at radius 2 is 2.13 bits per heavy atom. The first-order chi connectivity index (χ1) is 10.8. The normalized spacial score (nSPS) is 23.1. The van der Waals surface area contributed by atoms with Gasteiger partial charge in [-0.3, -0.25) is 14.1 Å². The molecule has 0 saturated carbocycles. The predicted molar refractivity (Wildman–Crippen MR) is 75.9 cm³/mol. The SMILES string of the molecule is CN1C[C@@H](NC(=O)c2ccc3nncn3c2)CC[C@@H]1C(F)(F)F. The highest BCUT2D eigenvalue weighted by atomic mass is 19.4. The second-order valence-electron chi connectivity index (χ2n) is 5.76. The largest absolute Gasteiger partial charge is 0.404 e. The maximum absolute atomic E-state index is 12.8. The van der Waals surface area contributed by atoms with Gasteiger partial charge >= 0.3 is 6.18 Å². The first-order valence-electron chi connectivity index (χ1n) is 7.22. The molecular formula is C14H16F3N5O. The van der Waals surface area contributed by atoms with E-state index in [0.29, 0.717) is 17.6 Å². The molecule has 0 bridgehead atoms. The van der Waals surface area contributed by atoms with Crippen molar-refractivity contribution < 1.29 is 18.0 Å². The molecule has 2 aromatic rings. The summed E-state index contributed by atoms with van der Waals surface area (Å²) in [6.07, 6.45) is -0.877. The molecule has 124 valence electrons. The molecule has 3 rings (SSSR count). The van der Waals surface area contributed by atoms with Gasteiger partial charge in [0, 0.05) is 18.8 Å². The minimum atomic E-state index is -4.23. The number of pyridine rings is 1. The van der Waals surface area contributed by atoms with Gasteiger partial charge in [-0.1, -0.05) is 0 Å². The third-order valence-corrected chi connectivity index (χ3v) is 4.10. The van der Waals surface area contributed by atoms with Crippen molar-refractivity contribution in [3.05, 3.63) is 30.2 Å². The van der Waals surface area contributed by atoms with Gasteiger partial charge in [0.05, 0.1) is 5.56 Å². The highest BCUT2D eigenvalue weighted by Gasteiger charge is 2.44. The number of alkyl halides is 3. The van der Waals surface area contributed by atoms with Gasteiger partial charge in [0.1, 0.15) is 12.4 Å². The number of likely N-dealkylation sites (tertiary alicyclic amines) is 1. The van der Waals surface area contributed by atoms with E-state index in [1.165, 1.54) is 18.3 Å². The number of hydrogen-bond acceptors (Lipinski definition) is 4. The predicted octanol–water partition coefficient (Wildman–Crippen LogP) is 1.48. The molecule has 0 aromatic carbocycles. The van der Waals surface area contributed by atoms with E-state index < -0.39 is 12.2 Å². The zero-order valence-corrected chi connectivity index (χ0v) is 12.4. The van der Waals surface area contributed by atoms with Crippen molar-refractivity contribution in [2.75, 3.05) is 13.6 Å². The number of hydrogen-bond donors (Lipinski definition) is 1. The van der Waals surface area contributed by atoms with Crippen LogP contribution in [0.15, 0.2) is 24.7 Å². The zero-order valence-electron chi connectivity index (χ0n) is 12.4. The van der Waals surface area contributed by atoms with Gasteiger partial charge < -0.3 is 5.32 Å². The molecule has 6 nitrogen and oxygen atoms in total. The molecular weight excluding hydrogens is 311 g/mol. The van der Waals surface area contributed by atoms with Crippen LogP contribution < -0.4 is 5.32 Å². The van der Waals surface area contributed by atoms with Crippen LogP contribution in [0.25, 0.3) is 5.65 Å². The number of nitrogens with one attached hydrogen (secondary N) is 1. The van der Waals surface area contributed by atoms with E-state index in [1.54, 1.807) is 22.7 Å². The van der Waals surface area contributed by atoms with Crippen molar-refractivity contribution in [1.29, 1.82) is 0 Å².